The molecule has 0 unspecified atom stereocenters. The molecule has 0 atom stereocenters. The molecule has 0 amide bonds. The van der Waals surface area contributed by atoms with Crippen LogP contribution in [0.1, 0.15) is 25.0 Å². The standard InChI is InChI=1S/C14H21N3O/c1-10-8-11(13(15)16)4-5-12(10)17-6-7-18-14(2,3)9-17/h4-5,8H,6-7,9H2,1-3H3,(H3,15,16). The summed E-state index contributed by atoms with van der Waals surface area (Å²) in [5, 5.41) is 7.45. The van der Waals surface area contributed by atoms with E-state index in [1.54, 1.807) is 0 Å². The van der Waals surface area contributed by atoms with Crippen molar-refractivity contribution in [1.82, 2.24) is 0 Å². The molecular weight excluding hydrogens is 226 g/mol. The minimum absolute atomic E-state index is 0.107. The molecule has 0 aliphatic carbocycles. The molecular formula is C14H21N3O. The molecule has 0 aromatic heterocycles. The molecule has 98 valence electrons. The maximum atomic E-state index is 7.45. The Labute approximate surface area is 108 Å². The first kappa shape index (κ1) is 12.9. The SMILES string of the molecule is Cc1cc(C(=N)N)ccc1N1CCOC(C)(C)C1. The fourth-order valence-corrected chi connectivity index (χ4v) is 2.40. The summed E-state index contributed by atoms with van der Waals surface area (Å²) in [5.41, 5.74) is 8.54. The molecule has 0 spiro atoms. The van der Waals surface area contributed by atoms with Crippen LogP contribution in [0.25, 0.3) is 0 Å². The van der Waals surface area contributed by atoms with Gasteiger partial charge in [-0.05, 0) is 44.5 Å². The number of rotatable bonds is 2. The summed E-state index contributed by atoms with van der Waals surface area (Å²) in [5.74, 6) is 0.118. The van der Waals surface area contributed by atoms with E-state index in [0.717, 1.165) is 30.8 Å². The second kappa shape index (κ2) is 4.61. The van der Waals surface area contributed by atoms with Gasteiger partial charge in [0.2, 0.25) is 0 Å². The van der Waals surface area contributed by atoms with Gasteiger partial charge < -0.3 is 15.4 Å². The van der Waals surface area contributed by atoms with Crippen LogP contribution in [0, 0.1) is 12.3 Å². The van der Waals surface area contributed by atoms with Crippen LogP contribution in [0.3, 0.4) is 0 Å². The second-order valence-electron chi connectivity index (χ2n) is 5.44. The van der Waals surface area contributed by atoms with Gasteiger partial charge in [-0.15, -0.1) is 0 Å². The lowest BCUT2D eigenvalue weighted by Gasteiger charge is -2.40. The monoisotopic (exact) mass is 247 g/mol. The minimum Gasteiger partial charge on any atom is -0.384 e. The Bertz CT molecular complexity index is 468. The maximum absolute atomic E-state index is 7.45. The van der Waals surface area contributed by atoms with Gasteiger partial charge in [0.15, 0.2) is 0 Å². The topological polar surface area (TPSA) is 62.3 Å². The zero-order chi connectivity index (χ0) is 13.3. The van der Waals surface area contributed by atoms with E-state index in [4.69, 9.17) is 15.9 Å². The van der Waals surface area contributed by atoms with Crippen molar-refractivity contribution in [3.05, 3.63) is 29.3 Å². The third kappa shape index (κ3) is 2.64. The number of nitrogen functional groups attached to an aromatic ring is 1. The smallest absolute Gasteiger partial charge is 0.122 e. The first-order valence-electron chi connectivity index (χ1n) is 6.23. The number of nitrogens with two attached hydrogens (primary N) is 1. The number of nitrogens with one attached hydrogen (secondary N) is 1. The van der Waals surface area contributed by atoms with Gasteiger partial charge in [-0.1, -0.05) is 0 Å². The third-order valence-corrected chi connectivity index (χ3v) is 3.27. The zero-order valence-electron chi connectivity index (χ0n) is 11.3. The fourth-order valence-electron chi connectivity index (χ4n) is 2.40. The van der Waals surface area contributed by atoms with Crippen molar-refractivity contribution in [2.24, 2.45) is 5.73 Å². The summed E-state index contributed by atoms with van der Waals surface area (Å²) < 4.78 is 5.72. The van der Waals surface area contributed by atoms with Crippen molar-refractivity contribution in [3.63, 3.8) is 0 Å². The van der Waals surface area contributed by atoms with E-state index < -0.39 is 0 Å². The lowest BCUT2D eigenvalue weighted by molar-refractivity contribution is -0.0277. The summed E-state index contributed by atoms with van der Waals surface area (Å²) in [6.07, 6.45) is 0. The molecule has 1 aliphatic rings. The number of morpholine rings is 1. The van der Waals surface area contributed by atoms with E-state index in [9.17, 15) is 0 Å². The van der Waals surface area contributed by atoms with E-state index in [2.05, 4.69) is 25.7 Å². The minimum atomic E-state index is -0.107. The quantitative estimate of drug-likeness (QED) is 0.619. The fraction of sp³-hybridized carbons (Fsp3) is 0.500. The Hall–Kier alpha value is -1.55. The summed E-state index contributed by atoms with van der Waals surface area (Å²) in [6.45, 7) is 8.82. The number of nitrogens with zero attached hydrogens (tertiary/aromatic N) is 1. The Kier molecular flexibility index (Phi) is 3.30. The number of amidine groups is 1. The predicted octanol–water partition coefficient (Wildman–Crippen LogP) is 1.89. The average Bonchev–Trinajstić information content (AvgIpc) is 2.27. The molecule has 0 saturated carbocycles. The van der Waals surface area contributed by atoms with Gasteiger partial charge in [0.25, 0.3) is 0 Å². The van der Waals surface area contributed by atoms with Crippen LogP contribution in [-0.2, 0) is 4.74 Å². The Morgan fingerprint density at radius 2 is 2.17 bits per heavy atom. The molecule has 1 heterocycles. The molecule has 1 aliphatic heterocycles. The molecule has 4 heteroatoms. The van der Waals surface area contributed by atoms with Crippen LogP contribution in [-0.4, -0.2) is 31.1 Å². The summed E-state index contributed by atoms with van der Waals surface area (Å²) in [7, 11) is 0. The molecule has 1 saturated heterocycles. The number of benzene rings is 1. The highest BCUT2D eigenvalue weighted by Crippen LogP contribution is 2.26. The van der Waals surface area contributed by atoms with Crippen LogP contribution in [0.2, 0.25) is 0 Å². The van der Waals surface area contributed by atoms with Gasteiger partial charge in [-0.25, -0.2) is 0 Å². The van der Waals surface area contributed by atoms with E-state index in [0.29, 0.717) is 0 Å². The Morgan fingerprint density at radius 1 is 1.44 bits per heavy atom. The van der Waals surface area contributed by atoms with Crippen LogP contribution in [0.4, 0.5) is 5.69 Å². The van der Waals surface area contributed by atoms with Gasteiger partial charge in [0.1, 0.15) is 5.84 Å². The van der Waals surface area contributed by atoms with Gasteiger partial charge in [-0.2, -0.15) is 0 Å². The first-order chi connectivity index (χ1) is 8.39. The van der Waals surface area contributed by atoms with E-state index in [1.807, 2.05) is 18.2 Å². The number of hydrogen-bond acceptors (Lipinski definition) is 3. The van der Waals surface area contributed by atoms with Crippen molar-refractivity contribution in [1.29, 1.82) is 5.41 Å². The number of aryl methyl sites for hydroxylation is 1. The van der Waals surface area contributed by atoms with Gasteiger partial charge in [0.05, 0.1) is 12.2 Å². The Balaban J connectivity index is 2.26. The lowest BCUT2D eigenvalue weighted by Crippen LogP contribution is -2.48. The second-order valence-corrected chi connectivity index (χ2v) is 5.44. The van der Waals surface area contributed by atoms with Crippen molar-refractivity contribution in [3.8, 4) is 0 Å². The van der Waals surface area contributed by atoms with Crippen LogP contribution in [0.5, 0.6) is 0 Å². The molecule has 1 aromatic carbocycles. The molecule has 0 bridgehead atoms. The average molecular weight is 247 g/mol. The summed E-state index contributed by atoms with van der Waals surface area (Å²) >= 11 is 0. The first-order valence-corrected chi connectivity index (χ1v) is 6.23. The number of anilines is 1. The van der Waals surface area contributed by atoms with Crippen molar-refractivity contribution in [2.45, 2.75) is 26.4 Å². The van der Waals surface area contributed by atoms with Crippen LogP contribution >= 0.6 is 0 Å². The van der Waals surface area contributed by atoms with Crippen LogP contribution < -0.4 is 10.6 Å². The molecule has 2 rings (SSSR count). The van der Waals surface area contributed by atoms with Crippen molar-refractivity contribution >= 4 is 11.5 Å². The highest BCUT2D eigenvalue weighted by Gasteiger charge is 2.27. The number of hydrogen-bond donors (Lipinski definition) is 2. The predicted molar refractivity (Wildman–Crippen MR) is 74.4 cm³/mol. The summed E-state index contributed by atoms with van der Waals surface area (Å²) in [4.78, 5) is 2.34. The molecule has 18 heavy (non-hydrogen) atoms. The van der Waals surface area contributed by atoms with Gasteiger partial charge in [0, 0.05) is 24.3 Å². The number of ether oxygens (including phenoxy) is 1. The van der Waals surface area contributed by atoms with Gasteiger partial charge in [-0.3, -0.25) is 5.41 Å². The molecule has 3 N–H and O–H groups in total. The van der Waals surface area contributed by atoms with Gasteiger partial charge >= 0.3 is 0 Å². The molecule has 4 nitrogen and oxygen atoms in total. The zero-order valence-corrected chi connectivity index (χ0v) is 11.3. The highest BCUT2D eigenvalue weighted by molar-refractivity contribution is 5.95. The lowest BCUT2D eigenvalue weighted by atomic mass is 10.0. The van der Waals surface area contributed by atoms with E-state index in [1.165, 1.54) is 5.69 Å². The molecule has 1 fully saturated rings. The third-order valence-electron chi connectivity index (χ3n) is 3.27. The largest absolute Gasteiger partial charge is 0.384 e. The maximum Gasteiger partial charge on any atom is 0.122 e. The van der Waals surface area contributed by atoms with Crippen LogP contribution in [0.15, 0.2) is 18.2 Å². The van der Waals surface area contributed by atoms with Crippen molar-refractivity contribution in [2.75, 3.05) is 24.6 Å². The normalized spacial score (nSPS) is 18.7. The highest BCUT2D eigenvalue weighted by atomic mass is 16.5. The molecule has 0 radical (unpaired) electrons. The Morgan fingerprint density at radius 3 is 2.72 bits per heavy atom. The van der Waals surface area contributed by atoms with E-state index in [-0.39, 0.29) is 11.4 Å². The summed E-state index contributed by atoms with van der Waals surface area (Å²) in [6, 6.07) is 5.93. The van der Waals surface area contributed by atoms with E-state index >= 15 is 0 Å². The van der Waals surface area contributed by atoms with Crippen molar-refractivity contribution < 1.29 is 4.74 Å². The molecule has 1 aromatic rings.